The molecular weight excluding hydrogens is 416 g/mol. The van der Waals surface area contributed by atoms with E-state index in [4.69, 9.17) is 0 Å². The topological polar surface area (TPSA) is 115 Å². The van der Waals surface area contributed by atoms with Gasteiger partial charge in [0.1, 0.15) is 23.0 Å². The van der Waals surface area contributed by atoms with E-state index in [9.17, 15) is 28.8 Å². The first-order chi connectivity index (χ1) is 14.8. The number of hydrogen-bond donors (Lipinski definition) is 4. The van der Waals surface area contributed by atoms with Gasteiger partial charge in [-0.15, -0.1) is 0 Å². The molecule has 0 spiro atoms. The summed E-state index contributed by atoms with van der Waals surface area (Å²) >= 11 is 0. The van der Waals surface area contributed by atoms with E-state index in [2.05, 4.69) is 0 Å². The largest absolute Gasteiger partial charge is 0.508 e. The van der Waals surface area contributed by atoms with Gasteiger partial charge in [0.05, 0.1) is 9.79 Å². The zero-order chi connectivity index (χ0) is 22.2. The molecule has 0 radical (unpaired) electrons. The summed E-state index contributed by atoms with van der Waals surface area (Å²) in [5, 5.41) is 39.7. The molecule has 0 aliphatic heterocycles. The average molecular weight is 434 g/mol. The quantitative estimate of drug-likeness (QED) is 0.371. The molecule has 0 atom stereocenters. The lowest BCUT2D eigenvalue weighted by Crippen LogP contribution is -2.06. The Morgan fingerprint density at radius 3 is 1.26 bits per heavy atom. The van der Waals surface area contributed by atoms with E-state index in [0.29, 0.717) is 0 Å². The lowest BCUT2D eigenvalue weighted by atomic mass is 10.0. The number of rotatable bonds is 4. The first-order valence-corrected chi connectivity index (χ1v) is 10.7. The summed E-state index contributed by atoms with van der Waals surface area (Å²) in [5.41, 5.74) is 1.04. The molecule has 0 aliphatic rings. The predicted molar refractivity (Wildman–Crippen MR) is 116 cm³/mol. The van der Waals surface area contributed by atoms with Gasteiger partial charge >= 0.3 is 0 Å². The molecule has 0 aromatic heterocycles. The third-order valence-corrected chi connectivity index (χ3v) is 6.77. The van der Waals surface area contributed by atoms with E-state index < -0.39 is 9.84 Å². The number of hydrogen-bond acceptors (Lipinski definition) is 6. The molecule has 4 rings (SSSR count). The van der Waals surface area contributed by atoms with Gasteiger partial charge in [-0.1, -0.05) is 36.4 Å². The van der Waals surface area contributed by atoms with E-state index in [1.54, 1.807) is 36.4 Å². The van der Waals surface area contributed by atoms with E-state index >= 15 is 0 Å². The maximum atomic E-state index is 13.7. The zero-order valence-corrected chi connectivity index (χ0v) is 16.9. The molecule has 0 saturated carbocycles. The van der Waals surface area contributed by atoms with Crippen LogP contribution in [0.15, 0.2) is 94.7 Å². The van der Waals surface area contributed by atoms with Crippen LogP contribution in [0.25, 0.3) is 22.3 Å². The standard InChI is InChI=1S/C24H18O6S/c25-15-9-11-17(21(27)13-15)19-5-1-3-7-23(19)31(29,30)24-8-4-2-6-20(24)18-12-10-16(26)14-22(18)28/h1-14,25-28H. The first-order valence-electron chi connectivity index (χ1n) is 9.27. The van der Waals surface area contributed by atoms with Crippen LogP contribution in [-0.4, -0.2) is 28.8 Å². The summed E-state index contributed by atoms with van der Waals surface area (Å²) in [7, 11) is -4.10. The first kappa shape index (κ1) is 20.3. The molecule has 4 aromatic carbocycles. The maximum Gasteiger partial charge on any atom is 0.207 e. The Kier molecular flexibility index (Phi) is 5.04. The van der Waals surface area contributed by atoms with Crippen molar-refractivity contribution in [1.82, 2.24) is 0 Å². The lowest BCUT2D eigenvalue weighted by Gasteiger charge is -2.15. The van der Waals surface area contributed by atoms with Gasteiger partial charge in [0.15, 0.2) is 0 Å². The highest BCUT2D eigenvalue weighted by Gasteiger charge is 2.26. The molecule has 4 N–H and O–H groups in total. The summed E-state index contributed by atoms with van der Waals surface area (Å²) in [6.45, 7) is 0. The van der Waals surface area contributed by atoms with E-state index in [1.165, 1.54) is 36.4 Å². The molecule has 0 saturated heterocycles. The van der Waals surface area contributed by atoms with Crippen LogP contribution in [0.5, 0.6) is 23.0 Å². The van der Waals surface area contributed by atoms with Crippen LogP contribution < -0.4 is 0 Å². The van der Waals surface area contributed by atoms with Crippen LogP contribution in [-0.2, 0) is 9.84 Å². The number of sulfone groups is 1. The number of phenolic OH excluding ortho intramolecular Hbond substituents is 4. The van der Waals surface area contributed by atoms with Gasteiger partial charge in [0.2, 0.25) is 9.84 Å². The molecule has 0 unspecified atom stereocenters. The van der Waals surface area contributed by atoms with Crippen LogP contribution in [0.3, 0.4) is 0 Å². The van der Waals surface area contributed by atoms with Crippen molar-refractivity contribution in [3.63, 3.8) is 0 Å². The van der Waals surface area contributed by atoms with Gasteiger partial charge < -0.3 is 20.4 Å². The highest BCUT2D eigenvalue weighted by Crippen LogP contribution is 2.41. The Bertz CT molecular complexity index is 1290. The van der Waals surface area contributed by atoms with Gasteiger partial charge in [-0.05, 0) is 36.4 Å². The number of phenols is 4. The summed E-state index contributed by atoms with van der Waals surface area (Å²) in [6.07, 6.45) is 0. The minimum atomic E-state index is -4.10. The fourth-order valence-electron chi connectivity index (χ4n) is 3.46. The van der Waals surface area contributed by atoms with E-state index in [1.807, 2.05) is 0 Å². The Morgan fingerprint density at radius 2 is 0.871 bits per heavy atom. The van der Waals surface area contributed by atoms with Crippen molar-refractivity contribution in [2.45, 2.75) is 9.79 Å². The third kappa shape index (κ3) is 3.67. The van der Waals surface area contributed by atoms with Crippen molar-refractivity contribution >= 4 is 9.84 Å². The molecule has 0 bridgehead atoms. The average Bonchev–Trinajstić information content (AvgIpc) is 2.74. The number of aromatic hydroxyl groups is 4. The molecular formula is C24H18O6S. The van der Waals surface area contributed by atoms with Gasteiger partial charge in [-0.3, -0.25) is 0 Å². The Hall–Kier alpha value is -3.97. The van der Waals surface area contributed by atoms with Crippen molar-refractivity contribution < 1.29 is 28.8 Å². The van der Waals surface area contributed by atoms with Gasteiger partial charge in [-0.2, -0.15) is 0 Å². The fraction of sp³-hybridized carbons (Fsp3) is 0. The van der Waals surface area contributed by atoms with Crippen LogP contribution >= 0.6 is 0 Å². The normalized spacial score (nSPS) is 11.4. The lowest BCUT2D eigenvalue weighted by molar-refractivity contribution is 0.450. The third-order valence-electron chi connectivity index (χ3n) is 4.90. The molecule has 0 heterocycles. The van der Waals surface area contributed by atoms with Crippen LogP contribution in [0.2, 0.25) is 0 Å². The van der Waals surface area contributed by atoms with E-state index in [-0.39, 0.29) is 55.0 Å². The summed E-state index contributed by atoms with van der Waals surface area (Å²) in [5.74, 6) is -0.802. The van der Waals surface area contributed by atoms with Crippen LogP contribution in [0, 0.1) is 0 Å². The maximum absolute atomic E-state index is 13.7. The highest BCUT2D eigenvalue weighted by molar-refractivity contribution is 7.91. The smallest absolute Gasteiger partial charge is 0.207 e. The van der Waals surface area contributed by atoms with Crippen LogP contribution in [0.1, 0.15) is 0 Å². The second-order valence-corrected chi connectivity index (χ2v) is 8.79. The van der Waals surface area contributed by atoms with Gasteiger partial charge in [0.25, 0.3) is 0 Å². The molecule has 7 heteroatoms. The summed E-state index contributed by atoms with van der Waals surface area (Å²) in [6, 6.07) is 20.4. The van der Waals surface area contributed by atoms with Crippen molar-refractivity contribution in [1.29, 1.82) is 0 Å². The zero-order valence-electron chi connectivity index (χ0n) is 16.1. The highest BCUT2D eigenvalue weighted by atomic mass is 32.2. The second kappa shape index (κ2) is 7.70. The Morgan fingerprint density at radius 1 is 0.484 bits per heavy atom. The van der Waals surface area contributed by atoms with E-state index in [0.717, 1.165) is 12.1 Å². The van der Waals surface area contributed by atoms with Crippen molar-refractivity contribution in [3.05, 3.63) is 84.9 Å². The molecule has 0 fully saturated rings. The molecule has 0 amide bonds. The van der Waals surface area contributed by atoms with Gasteiger partial charge in [-0.25, -0.2) is 8.42 Å². The fourth-order valence-corrected chi connectivity index (χ4v) is 5.15. The van der Waals surface area contributed by atoms with Crippen molar-refractivity contribution in [2.24, 2.45) is 0 Å². The Labute approximate surface area is 178 Å². The van der Waals surface area contributed by atoms with Crippen LogP contribution in [0.4, 0.5) is 0 Å². The molecule has 4 aromatic rings. The SMILES string of the molecule is O=S(=O)(c1ccccc1-c1ccc(O)cc1O)c1ccccc1-c1ccc(O)cc1O. The Balaban J connectivity index is 1.95. The minimum Gasteiger partial charge on any atom is -0.508 e. The molecule has 0 aliphatic carbocycles. The summed E-state index contributed by atoms with van der Waals surface area (Å²) < 4.78 is 27.4. The summed E-state index contributed by atoms with van der Waals surface area (Å²) in [4.78, 5) is -0.0802. The minimum absolute atomic E-state index is 0.0401. The van der Waals surface area contributed by atoms with Crippen molar-refractivity contribution in [3.8, 4) is 45.3 Å². The van der Waals surface area contributed by atoms with Gasteiger partial charge in [0, 0.05) is 34.4 Å². The van der Waals surface area contributed by atoms with Crippen molar-refractivity contribution in [2.75, 3.05) is 0 Å². The monoisotopic (exact) mass is 434 g/mol. The molecule has 31 heavy (non-hydrogen) atoms. The predicted octanol–water partition coefficient (Wildman–Crippen LogP) is 4.68. The second-order valence-electron chi connectivity index (χ2n) is 6.90. The molecule has 156 valence electrons. The number of benzene rings is 4. The molecule has 6 nitrogen and oxygen atoms in total.